The number of nitrogens with zero attached hydrogens (tertiary/aromatic N) is 3. The molecule has 2 aliphatic rings. The first-order chi connectivity index (χ1) is 20.3. The van der Waals surface area contributed by atoms with Crippen molar-refractivity contribution >= 4 is 17.4 Å². The largest absolute Gasteiger partial charge is 0.444 e. The molecule has 1 aromatic rings. The SMILES string of the molecule is C=CN=C(CC(=C)c1cc(F)cc(F)c1)C(/C(=C\C)/C=C/CCC1=CC=C1)=C(\C)N1CCN(C(=O)OC(C)(C)C)C[C@@H]1C. The van der Waals surface area contributed by atoms with E-state index in [4.69, 9.17) is 4.74 Å². The molecule has 1 aliphatic heterocycles. The summed E-state index contributed by atoms with van der Waals surface area (Å²) >= 11 is 0. The Bertz CT molecular complexity index is 1390. The number of benzene rings is 1. The van der Waals surface area contributed by atoms with Crippen molar-refractivity contribution in [2.24, 2.45) is 4.99 Å². The van der Waals surface area contributed by atoms with Gasteiger partial charge in [-0.05, 0) is 88.8 Å². The summed E-state index contributed by atoms with van der Waals surface area (Å²) in [6, 6.07) is 3.42. The van der Waals surface area contributed by atoms with Crippen molar-refractivity contribution in [2.75, 3.05) is 19.6 Å². The van der Waals surface area contributed by atoms with Gasteiger partial charge in [0.05, 0.1) is 5.71 Å². The molecule has 0 saturated carbocycles. The summed E-state index contributed by atoms with van der Waals surface area (Å²) in [7, 11) is 0. The van der Waals surface area contributed by atoms with E-state index in [2.05, 4.69) is 61.2 Å². The Labute approximate surface area is 256 Å². The summed E-state index contributed by atoms with van der Waals surface area (Å²) in [6.07, 6.45) is 15.9. The molecule has 0 spiro atoms. The molecular formula is C36H45F2N3O2. The highest BCUT2D eigenvalue weighted by atomic mass is 19.1. The molecule has 1 aliphatic carbocycles. The van der Waals surface area contributed by atoms with Gasteiger partial charge in [0.2, 0.25) is 0 Å². The van der Waals surface area contributed by atoms with Crippen LogP contribution in [0, 0.1) is 11.6 Å². The molecule has 7 heteroatoms. The molecule has 43 heavy (non-hydrogen) atoms. The summed E-state index contributed by atoms with van der Waals surface area (Å²) in [4.78, 5) is 21.5. The number of allylic oxidation sites excluding steroid dienone is 11. The van der Waals surface area contributed by atoms with Gasteiger partial charge >= 0.3 is 6.09 Å². The highest BCUT2D eigenvalue weighted by Gasteiger charge is 2.31. The third kappa shape index (κ3) is 9.50. The van der Waals surface area contributed by atoms with Gasteiger partial charge in [-0.1, -0.05) is 49.6 Å². The van der Waals surface area contributed by atoms with E-state index in [-0.39, 0.29) is 18.6 Å². The highest BCUT2D eigenvalue weighted by molar-refractivity contribution is 6.09. The zero-order valence-corrected chi connectivity index (χ0v) is 26.4. The number of halogens is 2. The van der Waals surface area contributed by atoms with Crippen LogP contribution in [0.25, 0.3) is 5.57 Å². The van der Waals surface area contributed by atoms with E-state index in [0.717, 1.165) is 35.8 Å². The molecule has 1 amide bonds. The first kappa shape index (κ1) is 33.5. The molecule has 0 bridgehead atoms. The number of rotatable bonds is 11. The van der Waals surface area contributed by atoms with Gasteiger partial charge in [-0.2, -0.15) is 0 Å². The lowest BCUT2D eigenvalue weighted by Crippen LogP contribution is -2.54. The van der Waals surface area contributed by atoms with Crippen LogP contribution >= 0.6 is 0 Å². The predicted octanol–water partition coefficient (Wildman–Crippen LogP) is 8.95. The molecule has 1 heterocycles. The Morgan fingerprint density at radius 3 is 2.40 bits per heavy atom. The van der Waals surface area contributed by atoms with E-state index >= 15 is 0 Å². The van der Waals surface area contributed by atoms with Crippen LogP contribution in [0.3, 0.4) is 0 Å². The number of ether oxygens (including phenoxy) is 1. The summed E-state index contributed by atoms with van der Waals surface area (Å²) < 4.78 is 33.7. The number of hydrogen-bond donors (Lipinski definition) is 0. The molecule has 1 aromatic carbocycles. The zero-order valence-electron chi connectivity index (χ0n) is 26.4. The second-order valence-corrected chi connectivity index (χ2v) is 11.9. The lowest BCUT2D eigenvalue weighted by Gasteiger charge is -2.42. The zero-order chi connectivity index (χ0) is 31.7. The van der Waals surface area contributed by atoms with E-state index < -0.39 is 17.2 Å². The lowest BCUT2D eigenvalue weighted by atomic mass is 9.90. The molecule has 230 valence electrons. The third-order valence-electron chi connectivity index (χ3n) is 7.38. The van der Waals surface area contributed by atoms with Crippen molar-refractivity contribution in [1.82, 2.24) is 9.80 Å². The van der Waals surface area contributed by atoms with Crippen LogP contribution in [0.1, 0.15) is 66.4 Å². The topological polar surface area (TPSA) is 45.1 Å². The molecule has 0 radical (unpaired) electrons. The maximum absolute atomic E-state index is 14.1. The van der Waals surface area contributed by atoms with E-state index in [9.17, 15) is 13.6 Å². The average molecular weight is 590 g/mol. The Kier molecular flexibility index (Phi) is 11.6. The van der Waals surface area contributed by atoms with Crippen LogP contribution in [0.4, 0.5) is 13.6 Å². The molecule has 1 atom stereocenters. The maximum Gasteiger partial charge on any atom is 0.410 e. The van der Waals surface area contributed by atoms with Gasteiger partial charge in [0, 0.05) is 55.6 Å². The van der Waals surface area contributed by atoms with Crippen LogP contribution in [-0.2, 0) is 4.74 Å². The van der Waals surface area contributed by atoms with Crippen molar-refractivity contribution in [2.45, 2.75) is 72.4 Å². The summed E-state index contributed by atoms with van der Waals surface area (Å²) in [5.74, 6) is -1.31. The van der Waals surface area contributed by atoms with Crippen LogP contribution in [0.15, 0.2) is 101 Å². The van der Waals surface area contributed by atoms with Crippen LogP contribution < -0.4 is 0 Å². The van der Waals surface area contributed by atoms with Crippen LogP contribution in [0.2, 0.25) is 0 Å². The monoisotopic (exact) mass is 589 g/mol. The number of hydrogen-bond acceptors (Lipinski definition) is 4. The predicted molar refractivity (Wildman–Crippen MR) is 174 cm³/mol. The van der Waals surface area contributed by atoms with Gasteiger partial charge in [0.15, 0.2) is 0 Å². The van der Waals surface area contributed by atoms with E-state index in [0.29, 0.717) is 36.5 Å². The van der Waals surface area contributed by atoms with Gasteiger partial charge in [-0.3, -0.25) is 4.99 Å². The van der Waals surface area contributed by atoms with Crippen molar-refractivity contribution in [3.05, 3.63) is 114 Å². The number of piperazine rings is 1. The first-order valence-corrected chi connectivity index (χ1v) is 14.8. The maximum atomic E-state index is 14.1. The molecule has 5 nitrogen and oxygen atoms in total. The second-order valence-electron chi connectivity index (χ2n) is 11.9. The Morgan fingerprint density at radius 1 is 1.19 bits per heavy atom. The minimum Gasteiger partial charge on any atom is -0.444 e. The fraction of sp³-hybridized carbons (Fsp3) is 0.389. The number of carbonyl (C=O) groups excluding carboxylic acids is 1. The Hall–Kier alpha value is -4.00. The normalized spacial score (nSPS) is 18.3. The molecule has 3 rings (SSSR count). The Balaban J connectivity index is 1.97. The first-order valence-electron chi connectivity index (χ1n) is 14.8. The van der Waals surface area contributed by atoms with E-state index in [1.165, 1.54) is 23.9 Å². The summed E-state index contributed by atoms with van der Waals surface area (Å²) in [5.41, 5.74) is 5.21. The molecule has 0 unspecified atom stereocenters. The highest BCUT2D eigenvalue weighted by Crippen LogP contribution is 2.30. The van der Waals surface area contributed by atoms with Crippen molar-refractivity contribution in [1.29, 1.82) is 0 Å². The van der Waals surface area contributed by atoms with Gasteiger partial charge < -0.3 is 14.5 Å². The minimum atomic E-state index is -0.657. The smallest absolute Gasteiger partial charge is 0.410 e. The average Bonchev–Trinajstić information content (AvgIpc) is 2.89. The molecule has 0 aromatic heterocycles. The fourth-order valence-corrected chi connectivity index (χ4v) is 5.23. The fourth-order valence-electron chi connectivity index (χ4n) is 5.23. The third-order valence-corrected chi connectivity index (χ3v) is 7.38. The van der Waals surface area contributed by atoms with Gasteiger partial charge in [-0.25, -0.2) is 13.6 Å². The molecule has 1 saturated heterocycles. The Morgan fingerprint density at radius 2 is 1.86 bits per heavy atom. The van der Waals surface area contributed by atoms with Gasteiger partial charge in [0.1, 0.15) is 17.2 Å². The quantitative estimate of drug-likeness (QED) is 0.191. The second kappa shape index (κ2) is 14.9. The summed E-state index contributed by atoms with van der Waals surface area (Å²) in [5, 5.41) is 0. The van der Waals surface area contributed by atoms with Crippen LogP contribution in [0.5, 0.6) is 0 Å². The van der Waals surface area contributed by atoms with Crippen molar-refractivity contribution in [3.8, 4) is 0 Å². The van der Waals surface area contributed by atoms with Crippen molar-refractivity contribution < 1.29 is 18.3 Å². The van der Waals surface area contributed by atoms with E-state index in [1.807, 2.05) is 39.8 Å². The molecular weight excluding hydrogens is 544 g/mol. The summed E-state index contributed by atoms with van der Waals surface area (Å²) in [6.45, 7) is 21.3. The minimum absolute atomic E-state index is 0.00110. The number of aliphatic imine (C=N–C) groups is 1. The molecule has 0 N–H and O–H groups in total. The number of amides is 1. The lowest BCUT2D eigenvalue weighted by molar-refractivity contribution is 0.0101. The van der Waals surface area contributed by atoms with Crippen LogP contribution in [-0.4, -0.2) is 52.9 Å². The van der Waals surface area contributed by atoms with Gasteiger partial charge in [0.25, 0.3) is 0 Å². The standard InChI is InChI=1S/C36H45F2N3O2/c1-9-29(17-12-11-14-28-15-13-16-28)34(33(39-10-2)20-25(3)30-21-31(37)23-32(38)22-30)27(5)41-19-18-40(24-26(41)4)35(42)43-36(6,7)8/h9-10,12-13,15-17,21-23,26H,2-3,11,14,18-20,24H2,1,4-8H3/b17-12+,29-9-,34-27+,39-33?/t26-/m0/s1. The van der Waals surface area contributed by atoms with Gasteiger partial charge in [-0.15, -0.1) is 0 Å². The van der Waals surface area contributed by atoms with Crippen molar-refractivity contribution in [3.63, 3.8) is 0 Å². The molecule has 1 fully saturated rings. The van der Waals surface area contributed by atoms with E-state index in [1.54, 1.807) is 4.90 Å². The number of carbonyl (C=O) groups is 1.